The number of ether oxygens (including phenoxy) is 2. The van der Waals surface area contributed by atoms with Crippen LogP contribution < -0.4 is 9.47 Å². The number of sulfonamides is 1. The molecule has 0 saturated carbocycles. The van der Waals surface area contributed by atoms with E-state index in [1.54, 1.807) is 14.2 Å². The highest BCUT2D eigenvalue weighted by atomic mass is 32.2. The summed E-state index contributed by atoms with van der Waals surface area (Å²) in [6.45, 7) is 8.23. The van der Waals surface area contributed by atoms with Gasteiger partial charge in [0, 0.05) is 13.1 Å². The molecule has 2 aromatic rings. The third-order valence-electron chi connectivity index (χ3n) is 4.73. The minimum atomic E-state index is -3.48. The van der Waals surface area contributed by atoms with Crippen LogP contribution in [0, 0.1) is 5.92 Å². The van der Waals surface area contributed by atoms with Crippen molar-refractivity contribution in [1.29, 1.82) is 0 Å². The fourth-order valence-corrected chi connectivity index (χ4v) is 4.50. The maximum absolute atomic E-state index is 13.1. The number of hydrogen-bond acceptors (Lipinski definition) is 4. The van der Waals surface area contributed by atoms with E-state index in [0.717, 1.165) is 28.2 Å². The lowest BCUT2D eigenvalue weighted by atomic mass is 10.1. The molecule has 28 heavy (non-hydrogen) atoms. The van der Waals surface area contributed by atoms with Crippen molar-refractivity contribution in [3.63, 3.8) is 0 Å². The number of nitrogens with zero attached hydrogens (tertiary/aromatic N) is 1. The molecule has 6 heteroatoms. The fraction of sp³-hybridized carbons (Fsp3) is 0.364. The van der Waals surface area contributed by atoms with Gasteiger partial charge >= 0.3 is 0 Å². The van der Waals surface area contributed by atoms with E-state index in [2.05, 4.69) is 6.58 Å². The van der Waals surface area contributed by atoms with Crippen LogP contribution in [0.3, 0.4) is 0 Å². The van der Waals surface area contributed by atoms with Gasteiger partial charge in [0.2, 0.25) is 10.0 Å². The van der Waals surface area contributed by atoms with E-state index in [1.165, 1.54) is 4.31 Å². The van der Waals surface area contributed by atoms with Gasteiger partial charge in [-0.2, -0.15) is 4.31 Å². The summed E-state index contributed by atoms with van der Waals surface area (Å²) in [5.74, 6) is 1.40. The number of hydrogen-bond donors (Lipinski definition) is 0. The van der Waals surface area contributed by atoms with Crippen molar-refractivity contribution in [2.24, 2.45) is 5.92 Å². The van der Waals surface area contributed by atoms with Gasteiger partial charge in [-0.3, -0.25) is 0 Å². The quantitative estimate of drug-likeness (QED) is 0.557. The molecule has 0 saturated heterocycles. The van der Waals surface area contributed by atoms with Crippen LogP contribution in [0.15, 0.2) is 60.7 Å². The Labute approximate surface area is 168 Å². The number of allylic oxidation sites excluding steroid dienone is 1. The lowest BCUT2D eigenvalue weighted by Crippen LogP contribution is -2.34. The van der Waals surface area contributed by atoms with Crippen LogP contribution in [0.1, 0.15) is 25.0 Å². The van der Waals surface area contributed by atoms with Crippen LogP contribution in [0.25, 0.3) is 0 Å². The van der Waals surface area contributed by atoms with Crippen molar-refractivity contribution in [3.8, 4) is 11.5 Å². The molecule has 0 spiro atoms. The second-order valence-corrected chi connectivity index (χ2v) is 9.00. The smallest absolute Gasteiger partial charge is 0.215 e. The van der Waals surface area contributed by atoms with Crippen molar-refractivity contribution in [2.75, 3.05) is 20.0 Å². The highest BCUT2D eigenvalue weighted by Crippen LogP contribution is 2.21. The summed E-state index contributed by atoms with van der Waals surface area (Å²) in [5, 5.41) is 0. The molecule has 0 radical (unpaired) electrons. The van der Waals surface area contributed by atoms with Crippen LogP contribution >= 0.6 is 0 Å². The van der Waals surface area contributed by atoms with Gasteiger partial charge in [0.25, 0.3) is 0 Å². The molecule has 1 atom stereocenters. The Morgan fingerprint density at radius 1 is 0.929 bits per heavy atom. The highest BCUT2D eigenvalue weighted by Gasteiger charge is 2.25. The largest absolute Gasteiger partial charge is 0.497 e. The van der Waals surface area contributed by atoms with Crippen molar-refractivity contribution in [2.45, 2.75) is 26.9 Å². The Morgan fingerprint density at radius 3 is 1.64 bits per heavy atom. The molecule has 0 aliphatic heterocycles. The minimum Gasteiger partial charge on any atom is -0.497 e. The van der Waals surface area contributed by atoms with Gasteiger partial charge in [0.05, 0.1) is 20.0 Å². The summed E-state index contributed by atoms with van der Waals surface area (Å²) in [6.07, 6.45) is 0. The lowest BCUT2D eigenvalue weighted by Gasteiger charge is -2.24. The van der Waals surface area contributed by atoms with Gasteiger partial charge in [-0.25, -0.2) is 8.42 Å². The fourth-order valence-electron chi connectivity index (χ4n) is 2.69. The summed E-state index contributed by atoms with van der Waals surface area (Å²) in [7, 11) is -0.273. The molecule has 0 amide bonds. The first-order valence-electron chi connectivity index (χ1n) is 9.14. The van der Waals surface area contributed by atoms with E-state index in [9.17, 15) is 8.42 Å². The van der Waals surface area contributed by atoms with Crippen molar-refractivity contribution in [3.05, 3.63) is 71.8 Å². The minimum absolute atomic E-state index is 0.0364. The van der Waals surface area contributed by atoms with Crippen LogP contribution in [-0.2, 0) is 23.1 Å². The second-order valence-electron chi connectivity index (χ2n) is 6.99. The Hall–Kier alpha value is -2.31. The maximum Gasteiger partial charge on any atom is 0.215 e. The normalized spacial score (nSPS) is 12.6. The van der Waals surface area contributed by atoms with Crippen molar-refractivity contribution >= 4 is 10.0 Å². The third-order valence-corrected chi connectivity index (χ3v) is 6.70. The molecule has 0 aliphatic carbocycles. The first kappa shape index (κ1) is 22.0. The molecular formula is C22H29NO4S. The third kappa shape index (κ3) is 6.11. The zero-order valence-corrected chi connectivity index (χ0v) is 17.8. The molecule has 0 aliphatic rings. The van der Waals surface area contributed by atoms with Gasteiger partial charge in [-0.15, -0.1) is 0 Å². The summed E-state index contributed by atoms with van der Waals surface area (Å²) in [5.41, 5.74) is 2.67. The van der Waals surface area contributed by atoms with E-state index >= 15 is 0 Å². The van der Waals surface area contributed by atoms with Gasteiger partial charge in [0.1, 0.15) is 11.5 Å². The standard InChI is InChI=1S/C22H29NO4S/c1-17(2)18(3)16-28(24,25)23(14-19-6-10-21(26-4)11-7-19)15-20-8-12-22(27-5)13-9-20/h6-13,18H,1,14-16H2,2-5H3/t18-/m1/s1. The van der Waals surface area contributed by atoms with Crippen LogP contribution in [-0.4, -0.2) is 32.7 Å². The van der Waals surface area contributed by atoms with Crippen LogP contribution in [0.4, 0.5) is 0 Å². The highest BCUT2D eigenvalue weighted by molar-refractivity contribution is 7.89. The number of rotatable bonds is 10. The maximum atomic E-state index is 13.1. The van der Waals surface area contributed by atoms with E-state index in [0.29, 0.717) is 13.1 Å². The molecule has 0 N–H and O–H groups in total. The van der Waals surface area contributed by atoms with E-state index in [4.69, 9.17) is 9.47 Å². The Bertz CT molecular complexity index is 824. The van der Waals surface area contributed by atoms with E-state index < -0.39 is 10.0 Å². The molecule has 0 fully saturated rings. The second kappa shape index (κ2) is 9.75. The Morgan fingerprint density at radius 2 is 1.32 bits per heavy atom. The molecule has 0 heterocycles. The van der Waals surface area contributed by atoms with Gasteiger partial charge < -0.3 is 9.47 Å². The summed E-state index contributed by atoms with van der Waals surface area (Å²) in [6, 6.07) is 14.9. The van der Waals surface area contributed by atoms with Crippen LogP contribution in [0.2, 0.25) is 0 Å². The Balaban J connectivity index is 2.28. The van der Waals surface area contributed by atoms with E-state index in [1.807, 2.05) is 62.4 Å². The van der Waals surface area contributed by atoms with Crippen molar-refractivity contribution < 1.29 is 17.9 Å². The zero-order valence-electron chi connectivity index (χ0n) is 17.0. The monoisotopic (exact) mass is 403 g/mol. The predicted octanol–water partition coefficient (Wildman–Crippen LogP) is 4.25. The average molecular weight is 404 g/mol. The SMILES string of the molecule is C=C(C)[C@H](C)CS(=O)(=O)N(Cc1ccc(OC)cc1)Cc1ccc(OC)cc1. The molecule has 152 valence electrons. The molecule has 2 rings (SSSR count). The van der Waals surface area contributed by atoms with Crippen molar-refractivity contribution in [1.82, 2.24) is 4.31 Å². The summed E-state index contributed by atoms with van der Waals surface area (Å²) >= 11 is 0. The van der Waals surface area contributed by atoms with E-state index in [-0.39, 0.29) is 11.7 Å². The molecule has 5 nitrogen and oxygen atoms in total. The molecule has 0 bridgehead atoms. The zero-order chi connectivity index (χ0) is 20.7. The first-order valence-corrected chi connectivity index (χ1v) is 10.7. The number of methoxy groups -OCH3 is 2. The molecule has 0 aromatic heterocycles. The molecular weight excluding hydrogens is 374 g/mol. The predicted molar refractivity (Wildman–Crippen MR) is 113 cm³/mol. The number of benzene rings is 2. The molecule has 2 aromatic carbocycles. The topological polar surface area (TPSA) is 55.8 Å². The van der Waals surface area contributed by atoms with Crippen LogP contribution in [0.5, 0.6) is 11.5 Å². The van der Waals surface area contributed by atoms with Gasteiger partial charge in [-0.1, -0.05) is 43.3 Å². The Kier molecular flexibility index (Phi) is 7.66. The molecule has 0 unspecified atom stereocenters. The first-order chi connectivity index (χ1) is 13.2. The van der Waals surface area contributed by atoms with Gasteiger partial charge in [-0.05, 0) is 48.2 Å². The van der Waals surface area contributed by atoms with Gasteiger partial charge in [0.15, 0.2) is 0 Å². The lowest BCUT2D eigenvalue weighted by molar-refractivity contribution is 0.395. The summed E-state index contributed by atoms with van der Waals surface area (Å²) in [4.78, 5) is 0. The summed E-state index contributed by atoms with van der Waals surface area (Å²) < 4.78 is 38.2. The average Bonchev–Trinajstić information content (AvgIpc) is 2.68.